The fourth-order valence-corrected chi connectivity index (χ4v) is 3.01. The lowest BCUT2D eigenvalue weighted by atomic mass is 9.87. The van der Waals surface area contributed by atoms with E-state index in [9.17, 15) is 4.79 Å². The summed E-state index contributed by atoms with van der Waals surface area (Å²) in [7, 11) is 0. The number of amides is 1. The first-order valence-electron chi connectivity index (χ1n) is 6.48. The molecule has 1 amide bonds. The minimum Gasteiger partial charge on any atom is -0.352 e. The molecule has 4 nitrogen and oxygen atoms in total. The van der Waals surface area contributed by atoms with Crippen molar-refractivity contribution in [2.45, 2.75) is 31.7 Å². The van der Waals surface area contributed by atoms with Crippen LogP contribution in [-0.4, -0.2) is 49.6 Å². The number of carbonyl (C=O) groups excluding carboxylic acids is 1. The highest BCUT2D eigenvalue weighted by atomic mass is 16.2. The fourth-order valence-electron chi connectivity index (χ4n) is 3.01. The lowest BCUT2D eigenvalue weighted by molar-refractivity contribution is -0.122. The Kier molecular flexibility index (Phi) is 2.64. The molecular formula is C12H21N3O. The molecule has 90 valence electrons. The molecule has 4 heteroatoms. The van der Waals surface area contributed by atoms with Crippen LogP contribution in [0.1, 0.15) is 25.7 Å². The molecule has 0 radical (unpaired) electrons. The van der Waals surface area contributed by atoms with Crippen LogP contribution in [0.15, 0.2) is 0 Å². The van der Waals surface area contributed by atoms with Crippen LogP contribution < -0.4 is 10.6 Å². The third-order valence-electron chi connectivity index (χ3n) is 4.16. The quantitative estimate of drug-likeness (QED) is 0.705. The normalized spacial score (nSPS) is 34.8. The predicted molar refractivity (Wildman–Crippen MR) is 62.1 cm³/mol. The second-order valence-corrected chi connectivity index (χ2v) is 5.73. The van der Waals surface area contributed by atoms with Crippen molar-refractivity contribution in [3.8, 4) is 0 Å². The molecule has 16 heavy (non-hydrogen) atoms. The van der Waals surface area contributed by atoms with Crippen molar-refractivity contribution in [2.75, 3.05) is 32.7 Å². The standard InChI is InChI=1S/C12H21N3O/c16-11(14-10-1-2-10)7-15-6-4-12(9-15)3-5-13-8-12/h10,13H,1-9H2,(H,14,16). The van der Waals surface area contributed by atoms with E-state index in [1.165, 1.54) is 25.7 Å². The molecule has 0 bridgehead atoms. The number of carbonyl (C=O) groups is 1. The summed E-state index contributed by atoms with van der Waals surface area (Å²) in [5, 5.41) is 6.51. The smallest absolute Gasteiger partial charge is 0.234 e. The lowest BCUT2D eigenvalue weighted by Gasteiger charge is -2.22. The number of nitrogens with zero attached hydrogens (tertiary/aromatic N) is 1. The van der Waals surface area contributed by atoms with Crippen molar-refractivity contribution in [3.63, 3.8) is 0 Å². The molecule has 2 N–H and O–H groups in total. The van der Waals surface area contributed by atoms with E-state index in [2.05, 4.69) is 15.5 Å². The number of likely N-dealkylation sites (tertiary alicyclic amines) is 1. The molecule has 1 spiro atoms. The van der Waals surface area contributed by atoms with Crippen LogP contribution in [0, 0.1) is 5.41 Å². The third-order valence-corrected chi connectivity index (χ3v) is 4.16. The highest BCUT2D eigenvalue weighted by Gasteiger charge is 2.40. The van der Waals surface area contributed by atoms with Crippen LogP contribution in [0.4, 0.5) is 0 Å². The Labute approximate surface area is 96.8 Å². The van der Waals surface area contributed by atoms with Gasteiger partial charge in [-0.3, -0.25) is 9.69 Å². The van der Waals surface area contributed by atoms with E-state index in [-0.39, 0.29) is 5.91 Å². The molecule has 3 rings (SSSR count). The molecule has 1 unspecified atom stereocenters. The Morgan fingerprint density at radius 2 is 2.31 bits per heavy atom. The zero-order chi connectivity index (χ0) is 11.0. The van der Waals surface area contributed by atoms with Crippen molar-refractivity contribution < 1.29 is 4.79 Å². The summed E-state index contributed by atoms with van der Waals surface area (Å²) in [4.78, 5) is 14.0. The van der Waals surface area contributed by atoms with E-state index < -0.39 is 0 Å². The molecule has 0 aromatic rings. The lowest BCUT2D eigenvalue weighted by Crippen LogP contribution is -2.38. The number of hydrogen-bond acceptors (Lipinski definition) is 3. The zero-order valence-electron chi connectivity index (χ0n) is 9.80. The number of hydrogen-bond donors (Lipinski definition) is 2. The van der Waals surface area contributed by atoms with E-state index >= 15 is 0 Å². The molecular weight excluding hydrogens is 202 g/mol. The summed E-state index contributed by atoms with van der Waals surface area (Å²) in [5.74, 6) is 0.227. The minimum atomic E-state index is 0.227. The van der Waals surface area contributed by atoms with Gasteiger partial charge in [0.2, 0.25) is 5.91 Å². The van der Waals surface area contributed by atoms with Gasteiger partial charge in [-0.2, -0.15) is 0 Å². The highest BCUT2D eigenvalue weighted by Crippen LogP contribution is 2.35. The molecule has 1 aliphatic carbocycles. The molecule has 0 aromatic heterocycles. The van der Waals surface area contributed by atoms with Crippen LogP contribution in [0.2, 0.25) is 0 Å². The van der Waals surface area contributed by atoms with E-state index in [4.69, 9.17) is 0 Å². The van der Waals surface area contributed by atoms with Gasteiger partial charge >= 0.3 is 0 Å². The van der Waals surface area contributed by atoms with Crippen LogP contribution in [0.3, 0.4) is 0 Å². The van der Waals surface area contributed by atoms with Crippen molar-refractivity contribution >= 4 is 5.91 Å². The summed E-state index contributed by atoms with van der Waals surface area (Å²) in [6, 6.07) is 0.497. The largest absolute Gasteiger partial charge is 0.352 e. The summed E-state index contributed by atoms with van der Waals surface area (Å²) < 4.78 is 0. The monoisotopic (exact) mass is 223 g/mol. The Morgan fingerprint density at radius 1 is 1.44 bits per heavy atom. The van der Waals surface area contributed by atoms with E-state index in [1.807, 2.05) is 0 Å². The maximum atomic E-state index is 11.7. The average Bonchev–Trinajstić information content (AvgIpc) is 2.81. The molecule has 2 aliphatic heterocycles. The van der Waals surface area contributed by atoms with Crippen LogP contribution >= 0.6 is 0 Å². The van der Waals surface area contributed by atoms with Gasteiger partial charge < -0.3 is 10.6 Å². The maximum absolute atomic E-state index is 11.7. The van der Waals surface area contributed by atoms with Gasteiger partial charge in [-0.1, -0.05) is 0 Å². The fraction of sp³-hybridized carbons (Fsp3) is 0.917. The van der Waals surface area contributed by atoms with Gasteiger partial charge in [-0.25, -0.2) is 0 Å². The first kappa shape index (κ1) is 10.5. The van der Waals surface area contributed by atoms with Crippen LogP contribution in [-0.2, 0) is 4.79 Å². The topological polar surface area (TPSA) is 44.4 Å². The molecule has 3 fully saturated rings. The summed E-state index contributed by atoms with van der Waals surface area (Å²) in [6.45, 7) is 5.12. The van der Waals surface area contributed by atoms with Crippen molar-refractivity contribution in [3.05, 3.63) is 0 Å². The Morgan fingerprint density at radius 3 is 3.00 bits per heavy atom. The zero-order valence-corrected chi connectivity index (χ0v) is 9.80. The van der Waals surface area contributed by atoms with Gasteiger partial charge in [-0.05, 0) is 44.2 Å². The maximum Gasteiger partial charge on any atom is 0.234 e. The SMILES string of the molecule is O=C(CN1CCC2(CCNC2)C1)NC1CC1. The Bertz CT molecular complexity index is 282. The van der Waals surface area contributed by atoms with Gasteiger partial charge in [0.1, 0.15) is 0 Å². The highest BCUT2D eigenvalue weighted by molar-refractivity contribution is 5.78. The van der Waals surface area contributed by atoms with Crippen LogP contribution in [0.25, 0.3) is 0 Å². The number of nitrogens with one attached hydrogen (secondary N) is 2. The van der Waals surface area contributed by atoms with Gasteiger partial charge in [0, 0.05) is 19.1 Å². The minimum absolute atomic E-state index is 0.227. The molecule has 1 atom stereocenters. The Hall–Kier alpha value is -0.610. The predicted octanol–water partition coefficient (Wildman–Crippen LogP) is -0.0496. The van der Waals surface area contributed by atoms with Crippen molar-refractivity contribution in [1.29, 1.82) is 0 Å². The molecule has 1 saturated carbocycles. The molecule has 2 heterocycles. The number of rotatable bonds is 3. The van der Waals surface area contributed by atoms with Gasteiger partial charge in [0.05, 0.1) is 6.54 Å². The first-order chi connectivity index (χ1) is 7.76. The third kappa shape index (κ3) is 2.23. The van der Waals surface area contributed by atoms with Crippen molar-refractivity contribution in [2.24, 2.45) is 5.41 Å². The van der Waals surface area contributed by atoms with Gasteiger partial charge in [0.15, 0.2) is 0 Å². The molecule has 0 aromatic carbocycles. The van der Waals surface area contributed by atoms with Crippen LogP contribution in [0.5, 0.6) is 0 Å². The van der Waals surface area contributed by atoms with E-state index in [0.29, 0.717) is 18.0 Å². The average molecular weight is 223 g/mol. The second kappa shape index (κ2) is 4.00. The van der Waals surface area contributed by atoms with Crippen molar-refractivity contribution in [1.82, 2.24) is 15.5 Å². The van der Waals surface area contributed by atoms with Gasteiger partial charge in [0.25, 0.3) is 0 Å². The first-order valence-corrected chi connectivity index (χ1v) is 6.48. The van der Waals surface area contributed by atoms with E-state index in [1.54, 1.807) is 0 Å². The Balaban J connectivity index is 1.47. The molecule has 3 aliphatic rings. The summed E-state index contributed by atoms with van der Waals surface area (Å²) in [6.07, 6.45) is 4.91. The summed E-state index contributed by atoms with van der Waals surface area (Å²) in [5.41, 5.74) is 0.486. The molecule has 2 saturated heterocycles. The second-order valence-electron chi connectivity index (χ2n) is 5.73. The summed E-state index contributed by atoms with van der Waals surface area (Å²) >= 11 is 0. The van der Waals surface area contributed by atoms with E-state index in [0.717, 1.165) is 26.2 Å². The van der Waals surface area contributed by atoms with Gasteiger partial charge in [-0.15, -0.1) is 0 Å².